The van der Waals surface area contributed by atoms with E-state index in [1.807, 2.05) is 30.3 Å². The Morgan fingerprint density at radius 2 is 1.79 bits per heavy atom. The Bertz CT molecular complexity index is 565. The summed E-state index contributed by atoms with van der Waals surface area (Å²) in [6.07, 6.45) is 1.63. The minimum atomic E-state index is -0.422. The predicted molar refractivity (Wildman–Crippen MR) is 74.0 cm³/mol. The maximum atomic E-state index is 10.5. The van der Waals surface area contributed by atoms with Crippen LogP contribution in [0, 0.1) is 10.1 Å². The summed E-state index contributed by atoms with van der Waals surface area (Å²) in [4.78, 5) is 10.1. The van der Waals surface area contributed by atoms with Crippen molar-refractivity contribution in [2.75, 3.05) is 0 Å². The lowest BCUT2D eigenvalue weighted by molar-refractivity contribution is -0.384. The van der Waals surface area contributed by atoms with Gasteiger partial charge in [-0.3, -0.25) is 10.1 Å². The number of rotatable bonds is 5. The Labute approximate surface area is 110 Å². The minimum absolute atomic E-state index is 0.0781. The van der Waals surface area contributed by atoms with Gasteiger partial charge < -0.3 is 5.43 Å². The largest absolute Gasteiger partial charge is 0.306 e. The zero-order valence-corrected chi connectivity index (χ0v) is 10.2. The predicted octanol–water partition coefficient (Wildman–Crippen LogP) is 2.72. The van der Waals surface area contributed by atoms with Crippen molar-refractivity contribution in [3.05, 3.63) is 75.8 Å². The Morgan fingerprint density at radius 1 is 1.11 bits per heavy atom. The Kier molecular flexibility index (Phi) is 4.23. The number of nitro groups is 1. The molecule has 0 heterocycles. The molecule has 0 aliphatic carbocycles. The van der Waals surface area contributed by atoms with Gasteiger partial charge in [0, 0.05) is 12.1 Å². The highest BCUT2D eigenvalue weighted by Crippen LogP contribution is 2.10. The molecule has 0 aliphatic heterocycles. The summed E-state index contributed by atoms with van der Waals surface area (Å²) in [5, 5.41) is 14.6. The maximum absolute atomic E-state index is 10.5. The average molecular weight is 255 g/mol. The van der Waals surface area contributed by atoms with Crippen LogP contribution in [0.3, 0.4) is 0 Å². The van der Waals surface area contributed by atoms with Crippen molar-refractivity contribution >= 4 is 11.9 Å². The van der Waals surface area contributed by atoms with Crippen molar-refractivity contribution in [1.82, 2.24) is 5.43 Å². The number of hydrogen-bond acceptors (Lipinski definition) is 4. The summed E-state index contributed by atoms with van der Waals surface area (Å²) in [7, 11) is 0. The Hall–Kier alpha value is -2.69. The molecule has 0 fully saturated rings. The quantitative estimate of drug-likeness (QED) is 0.507. The van der Waals surface area contributed by atoms with Gasteiger partial charge in [0.05, 0.1) is 17.7 Å². The highest BCUT2D eigenvalue weighted by Gasteiger charge is 2.02. The third-order valence-electron chi connectivity index (χ3n) is 2.53. The molecule has 2 rings (SSSR count). The highest BCUT2D eigenvalue weighted by molar-refractivity contribution is 5.79. The number of hydrazone groups is 1. The summed E-state index contributed by atoms with van der Waals surface area (Å²) < 4.78 is 0. The van der Waals surface area contributed by atoms with Gasteiger partial charge in [-0.1, -0.05) is 30.3 Å². The normalized spacial score (nSPS) is 10.5. The van der Waals surface area contributed by atoms with Crippen molar-refractivity contribution < 1.29 is 4.92 Å². The third kappa shape index (κ3) is 3.92. The van der Waals surface area contributed by atoms with E-state index in [2.05, 4.69) is 10.5 Å². The lowest BCUT2D eigenvalue weighted by Gasteiger charge is -1.99. The molecular weight excluding hydrogens is 242 g/mol. The molecule has 96 valence electrons. The molecule has 0 amide bonds. The van der Waals surface area contributed by atoms with Crippen LogP contribution in [0.25, 0.3) is 0 Å². The smallest absolute Gasteiger partial charge is 0.269 e. The summed E-state index contributed by atoms with van der Waals surface area (Å²) in [5.74, 6) is 0. The first-order valence-electron chi connectivity index (χ1n) is 5.80. The van der Waals surface area contributed by atoms with Gasteiger partial charge in [-0.05, 0) is 23.3 Å². The molecule has 19 heavy (non-hydrogen) atoms. The second-order valence-corrected chi connectivity index (χ2v) is 3.93. The van der Waals surface area contributed by atoms with Crippen LogP contribution in [0.5, 0.6) is 0 Å². The van der Waals surface area contributed by atoms with Crippen LogP contribution in [0.2, 0.25) is 0 Å². The standard InChI is InChI=1S/C14H13N3O2/c18-17(19)14-8-6-13(7-9-14)11-16-15-10-12-4-2-1-3-5-12/h1-9,11,15H,10H2/b16-11+. The van der Waals surface area contributed by atoms with Crippen LogP contribution in [0.15, 0.2) is 59.7 Å². The van der Waals surface area contributed by atoms with Crippen LogP contribution in [0.1, 0.15) is 11.1 Å². The van der Waals surface area contributed by atoms with Gasteiger partial charge in [-0.2, -0.15) is 5.10 Å². The summed E-state index contributed by atoms with van der Waals surface area (Å²) in [5.41, 5.74) is 4.95. The van der Waals surface area contributed by atoms with Gasteiger partial charge in [0.15, 0.2) is 0 Å². The molecule has 0 saturated heterocycles. The molecule has 5 nitrogen and oxygen atoms in total. The lowest BCUT2D eigenvalue weighted by Crippen LogP contribution is -2.05. The molecule has 0 saturated carbocycles. The maximum Gasteiger partial charge on any atom is 0.269 e. The molecule has 1 N–H and O–H groups in total. The fourth-order valence-electron chi connectivity index (χ4n) is 1.54. The molecule has 2 aromatic carbocycles. The second kappa shape index (κ2) is 6.30. The van der Waals surface area contributed by atoms with E-state index in [4.69, 9.17) is 0 Å². The van der Waals surface area contributed by atoms with Gasteiger partial charge >= 0.3 is 0 Å². The van der Waals surface area contributed by atoms with E-state index in [9.17, 15) is 10.1 Å². The van der Waals surface area contributed by atoms with E-state index in [1.165, 1.54) is 12.1 Å². The first-order chi connectivity index (χ1) is 9.25. The number of non-ortho nitro benzene ring substituents is 1. The van der Waals surface area contributed by atoms with Crippen molar-refractivity contribution in [1.29, 1.82) is 0 Å². The van der Waals surface area contributed by atoms with Crippen molar-refractivity contribution in [2.24, 2.45) is 5.10 Å². The monoisotopic (exact) mass is 255 g/mol. The van der Waals surface area contributed by atoms with E-state index in [0.29, 0.717) is 6.54 Å². The topological polar surface area (TPSA) is 67.5 Å². The second-order valence-electron chi connectivity index (χ2n) is 3.93. The van der Waals surface area contributed by atoms with Gasteiger partial charge in [0.25, 0.3) is 5.69 Å². The summed E-state index contributed by atoms with van der Waals surface area (Å²) in [6.45, 7) is 0.643. The average Bonchev–Trinajstić information content (AvgIpc) is 2.45. The van der Waals surface area contributed by atoms with Crippen molar-refractivity contribution in [3.8, 4) is 0 Å². The molecule has 0 radical (unpaired) electrons. The molecule has 0 atom stereocenters. The molecule has 0 aliphatic rings. The molecular formula is C14H13N3O2. The third-order valence-corrected chi connectivity index (χ3v) is 2.53. The van der Waals surface area contributed by atoms with Crippen molar-refractivity contribution in [2.45, 2.75) is 6.54 Å². The SMILES string of the molecule is O=[N+]([O-])c1ccc(/C=N/NCc2ccccc2)cc1. The zero-order chi connectivity index (χ0) is 13.5. The number of hydrogen-bond donors (Lipinski definition) is 1. The molecule has 0 bridgehead atoms. The van der Waals surface area contributed by atoms with Crippen LogP contribution in [-0.2, 0) is 6.54 Å². The Balaban J connectivity index is 1.87. The van der Waals surface area contributed by atoms with Crippen molar-refractivity contribution in [3.63, 3.8) is 0 Å². The van der Waals surface area contributed by atoms with Crippen LogP contribution < -0.4 is 5.43 Å². The fraction of sp³-hybridized carbons (Fsp3) is 0.0714. The van der Waals surface area contributed by atoms with Gasteiger partial charge in [0.1, 0.15) is 0 Å². The van der Waals surface area contributed by atoms with Crippen LogP contribution >= 0.6 is 0 Å². The molecule has 0 unspecified atom stereocenters. The lowest BCUT2D eigenvalue weighted by atomic mass is 10.2. The molecule has 2 aromatic rings. The summed E-state index contributed by atoms with van der Waals surface area (Å²) >= 11 is 0. The van der Waals surface area contributed by atoms with E-state index in [1.54, 1.807) is 18.3 Å². The molecule has 5 heteroatoms. The first kappa shape index (κ1) is 12.8. The van der Waals surface area contributed by atoms with E-state index in [-0.39, 0.29) is 5.69 Å². The number of benzene rings is 2. The van der Waals surface area contributed by atoms with E-state index in [0.717, 1.165) is 11.1 Å². The van der Waals surface area contributed by atoms with Gasteiger partial charge in [-0.25, -0.2) is 0 Å². The van der Waals surface area contributed by atoms with Gasteiger partial charge in [0.2, 0.25) is 0 Å². The Morgan fingerprint density at radius 3 is 2.42 bits per heavy atom. The minimum Gasteiger partial charge on any atom is -0.306 e. The fourth-order valence-corrected chi connectivity index (χ4v) is 1.54. The number of nitrogens with zero attached hydrogens (tertiary/aromatic N) is 2. The zero-order valence-electron chi connectivity index (χ0n) is 10.2. The van der Waals surface area contributed by atoms with Gasteiger partial charge in [-0.15, -0.1) is 0 Å². The van der Waals surface area contributed by atoms with E-state index >= 15 is 0 Å². The van der Waals surface area contributed by atoms with E-state index < -0.39 is 4.92 Å². The summed E-state index contributed by atoms with van der Waals surface area (Å²) in [6, 6.07) is 16.1. The highest BCUT2D eigenvalue weighted by atomic mass is 16.6. The molecule has 0 spiro atoms. The number of nitro benzene ring substituents is 1. The first-order valence-corrected chi connectivity index (χ1v) is 5.80. The molecule has 0 aromatic heterocycles. The van der Waals surface area contributed by atoms with Crippen LogP contribution in [-0.4, -0.2) is 11.1 Å². The van der Waals surface area contributed by atoms with Crippen LogP contribution in [0.4, 0.5) is 5.69 Å². The number of nitrogens with one attached hydrogen (secondary N) is 1.